The van der Waals surface area contributed by atoms with E-state index in [9.17, 15) is 12.8 Å². The Balaban J connectivity index is 1.32. The molecule has 1 saturated heterocycles. The first-order valence-corrected chi connectivity index (χ1v) is 11.5. The topological polar surface area (TPSA) is 40.6 Å². The van der Waals surface area contributed by atoms with Crippen molar-refractivity contribution >= 4 is 10.0 Å². The number of nitrogens with zero attached hydrogens (tertiary/aromatic N) is 2. The van der Waals surface area contributed by atoms with E-state index in [1.165, 1.54) is 59.8 Å². The van der Waals surface area contributed by atoms with Crippen LogP contribution in [-0.2, 0) is 10.0 Å². The molecule has 0 unspecified atom stereocenters. The summed E-state index contributed by atoms with van der Waals surface area (Å²) >= 11 is 0. The van der Waals surface area contributed by atoms with Gasteiger partial charge in [0.25, 0.3) is 0 Å². The first-order valence-electron chi connectivity index (χ1n) is 10.1. The lowest BCUT2D eigenvalue weighted by Gasteiger charge is -2.41. The minimum Gasteiger partial charge on any atom is -0.298 e. The van der Waals surface area contributed by atoms with Crippen LogP contribution < -0.4 is 0 Å². The zero-order valence-electron chi connectivity index (χ0n) is 16.0. The molecule has 4 rings (SSSR count). The molecule has 6 heteroatoms. The predicted octanol–water partition coefficient (Wildman–Crippen LogP) is 3.86. The molecule has 2 aromatic carbocycles. The molecule has 2 aliphatic rings. The summed E-state index contributed by atoms with van der Waals surface area (Å²) in [6, 6.07) is 16.4. The Hall–Kier alpha value is -1.76. The maximum Gasteiger partial charge on any atom is 0.243 e. The van der Waals surface area contributed by atoms with Crippen molar-refractivity contribution in [2.45, 2.75) is 42.5 Å². The average molecular weight is 403 g/mol. The molecule has 4 nitrogen and oxygen atoms in total. The monoisotopic (exact) mass is 402 g/mol. The van der Waals surface area contributed by atoms with Crippen LogP contribution in [0.25, 0.3) is 0 Å². The van der Waals surface area contributed by atoms with E-state index in [0.29, 0.717) is 25.0 Å². The molecule has 28 heavy (non-hydrogen) atoms. The molecule has 1 aliphatic heterocycles. The third-order valence-corrected chi connectivity index (χ3v) is 8.12. The first kappa shape index (κ1) is 19.6. The van der Waals surface area contributed by atoms with Crippen molar-refractivity contribution in [2.24, 2.45) is 0 Å². The van der Waals surface area contributed by atoms with E-state index in [1.807, 2.05) is 0 Å². The summed E-state index contributed by atoms with van der Waals surface area (Å²) in [5.41, 5.74) is 1.44. The summed E-state index contributed by atoms with van der Waals surface area (Å²) in [5, 5.41) is 0. The molecule has 150 valence electrons. The Labute approximate surface area is 167 Å². The summed E-state index contributed by atoms with van der Waals surface area (Å²) in [7, 11) is -3.54. The highest BCUT2D eigenvalue weighted by Crippen LogP contribution is 2.35. The summed E-state index contributed by atoms with van der Waals surface area (Å²) in [6.07, 6.45) is 4.74. The van der Waals surface area contributed by atoms with Crippen LogP contribution in [0.5, 0.6) is 0 Å². The lowest BCUT2D eigenvalue weighted by Crippen LogP contribution is -2.52. The first-order chi connectivity index (χ1) is 13.5. The molecule has 1 aliphatic carbocycles. The van der Waals surface area contributed by atoms with E-state index in [1.54, 1.807) is 0 Å². The predicted molar refractivity (Wildman–Crippen MR) is 108 cm³/mol. The quantitative estimate of drug-likeness (QED) is 0.780. The van der Waals surface area contributed by atoms with E-state index < -0.39 is 15.8 Å². The van der Waals surface area contributed by atoms with Crippen LogP contribution in [0.1, 0.15) is 37.2 Å². The van der Waals surface area contributed by atoms with Crippen LogP contribution in [0, 0.1) is 5.82 Å². The lowest BCUT2D eigenvalue weighted by molar-refractivity contribution is 0.107. The van der Waals surface area contributed by atoms with Gasteiger partial charge < -0.3 is 0 Å². The van der Waals surface area contributed by atoms with Gasteiger partial charge in [0, 0.05) is 32.2 Å². The highest BCUT2D eigenvalue weighted by molar-refractivity contribution is 7.89. The van der Waals surface area contributed by atoms with E-state index >= 15 is 0 Å². The molecule has 0 amide bonds. The van der Waals surface area contributed by atoms with E-state index in [4.69, 9.17) is 0 Å². The number of hydrogen-bond acceptors (Lipinski definition) is 3. The highest BCUT2D eigenvalue weighted by atomic mass is 32.2. The molecule has 0 spiro atoms. The lowest BCUT2D eigenvalue weighted by atomic mass is 9.81. The van der Waals surface area contributed by atoms with Crippen molar-refractivity contribution in [2.75, 3.05) is 26.2 Å². The van der Waals surface area contributed by atoms with Crippen molar-refractivity contribution in [3.05, 3.63) is 66.0 Å². The third-order valence-electron chi connectivity index (χ3n) is 6.21. The van der Waals surface area contributed by atoms with Crippen molar-refractivity contribution in [3.8, 4) is 0 Å². The Morgan fingerprint density at radius 3 is 2.00 bits per heavy atom. The van der Waals surface area contributed by atoms with E-state index in [2.05, 4.69) is 35.2 Å². The van der Waals surface area contributed by atoms with Gasteiger partial charge in [-0.1, -0.05) is 30.3 Å². The van der Waals surface area contributed by atoms with Gasteiger partial charge in [0.15, 0.2) is 0 Å². The standard InChI is InChI=1S/C22H27FN2O2S/c23-20-8-12-22(13-9-20)28(26,27)25-16-14-24(15-17-25)21-10-6-19(7-11-21)18-4-2-1-3-5-18/h1-5,8-9,12-13,19,21H,6-7,10-11,14-17H2. The molecular weight excluding hydrogens is 375 g/mol. The largest absolute Gasteiger partial charge is 0.298 e. The van der Waals surface area contributed by atoms with Crippen LogP contribution in [-0.4, -0.2) is 49.8 Å². The number of hydrogen-bond donors (Lipinski definition) is 0. The van der Waals surface area contributed by atoms with Crippen molar-refractivity contribution in [1.82, 2.24) is 9.21 Å². The zero-order chi connectivity index (χ0) is 19.6. The fourth-order valence-electron chi connectivity index (χ4n) is 4.56. The molecule has 2 fully saturated rings. The molecule has 2 aromatic rings. The van der Waals surface area contributed by atoms with Gasteiger partial charge in [-0.2, -0.15) is 4.31 Å². The van der Waals surface area contributed by atoms with Gasteiger partial charge in [-0.05, 0) is 61.4 Å². The number of rotatable bonds is 4. The minimum absolute atomic E-state index is 0.172. The number of benzene rings is 2. The number of sulfonamides is 1. The second kappa shape index (κ2) is 8.31. The van der Waals surface area contributed by atoms with Gasteiger partial charge in [-0.25, -0.2) is 12.8 Å². The maximum absolute atomic E-state index is 13.1. The van der Waals surface area contributed by atoms with Gasteiger partial charge in [-0.3, -0.25) is 4.90 Å². The van der Waals surface area contributed by atoms with Crippen LogP contribution >= 0.6 is 0 Å². The van der Waals surface area contributed by atoms with Gasteiger partial charge in [0.05, 0.1) is 4.90 Å². The van der Waals surface area contributed by atoms with E-state index in [-0.39, 0.29) is 4.90 Å². The van der Waals surface area contributed by atoms with Gasteiger partial charge in [0.1, 0.15) is 5.82 Å². The fraction of sp³-hybridized carbons (Fsp3) is 0.455. The van der Waals surface area contributed by atoms with Gasteiger partial charge >= 0.3 is 0 Å². The fourth-order valence-corrected chi connectivity index (χ4v) is 5.99. The summed E-state index contributed by atoms with van der Waals surface area (Å²) in [6.45, 7) is 2.53. The van der Waals surface area contributed by atoms with Crippen LogP contribution in [0.2, 0.25) is 0 Å². The van der Waals surface area contributed by atoms with Crippen molar-refractivity contribution < 1.29 is 12.8 Å². The zero-order valence-corrected chi connectivity index (χ0v) is 16.8. The molecule has 0 atom stereocenters. The Morgan fingerprint density at radius 2 is 1.39 bits per heavy atom. The Morgan fingerprint density at radius 1 is 0.786 bits per heavy atom. The van der Waals surface area contributed by atoms with Gasteiger partial charge in [-0.15, -0.1) is 0 Å². The normalized spacial score (nSPS) is 24.9. The average Bonchev–Trinajstić information content (AvgIpc) is 2.75. The second-order valence-electron chi connectivity index (χ2n) is 7.81. The SMILES string of the molecule is O=S(=O)(c1ccc(F)cc1)N1CCN(C2CCC(c3ccccc3)CC2)CC1. The summed E-state index contributed by atoms with van der Waals surface area (Å²) in [4.78, 5) is 2.63. The summed E-state index contributed by atoms with van der Waals surface area (Å²) in [5.74, 6) is 0.229. The summed E-state index contributed by atoms with van der Waals surface area (Å²) < 4.78 is 40.2. The molecule has 0 aromatic heterocycles. The molecular formula is C22H27FN2O2S. The van der Waals surface area contributed by atoms with Crippen LogP contribution in [0.3, 0.4) is 0 Å². The molecule has 0 radical (unpaired) electrons. The molecule has 1 heterocycles. The smallest absolute Gasteiger partial charge is 0.243 e. The van der Waals surface area contributed by atoms with Crippen molar-refractivity contribution in [1.29, 1.82) is 0 Å². The molecule has 0 N–H and O–H groups in total. The number of halogens is 1. The Kier molecular flexibility index (Phi) is 5.80. The Bertz CT molecular complexity index is 871. The molecule has 1 saturated carbocycles. The van der Waals surface area contributed by atoms with Crippen LogP contribution in [0.4, 0.5) is 4.39 Å². The van der Waals surface area contributed by atoms with Crippen molar-refractivity contribution in [3.63, 3.8) is 0 Å². The molecule has 0 bridgehead atoms. The minimum atomic E-state index is -3.54. The second-order valence-corrected chi connectivity index (χ2v) is 9.75. The highest BCUT2D eigenvalue weighted by Gasteiger charge is 2.32. The third kappa shape index (κ3) is 4.14. The van der Waals surface area contributed by atoms with Gasteiger partial charge in [0.2, 0.25) is 10.0 Å². The van der Waals surface area contributed by atoms with Crippen LogP contribution in [0.15, 0.2) is 59.5 Å². The number of piperazine rings is 1. The maximum atomic E-state index is 13.1. The van der Waals surface area contributed by atoms with E-state index in [0.717, 1.165) is 13.1 Å².